The highest BCUT2D eigenvalue weighted by Gasteiger charge is 2.21. The third-order valence-electron chi connectivity index (χ3n) is 3.56. The van der Waals surface area contributed by atoms with Crippen molar-refractivity contribution in [3.8, 4) is 0 Å². The molecule has 1 fully saturated rings. The summed E-state index contributed by atoms with van der Waals surface area (Å²) < 4.78 is 5.31. The van der Waals surface area contributed by atoms with Crippen LogP contribution in [0.15, 0.2) is 0 Å². The van der Waals surface area contributed by atoms with Gasteiger partial charge in [-0.25, -0.2) is 0 Å². The Labute approximate surface area is 104 Å². The van der Waals surface area contributed by atoms with Crippen molar-refractivity contribution >= 4 is 5.97 Å². The van der Waals surface area contributed by atoms with Crippen LogP contribution in [0.5, 0.6) is 0 Å². The minimum Gasteiger partial charge on any atom is -0.481 e. The van der Waals surface area contributed by atoms with Crippen LogP contribution < -0.4 is 5.32 Å². The highest BCUT2D eigenvalue weighted by molar-refractivity contribution is 5.70. The maximum Gasteiger partial charge on any atom is 0.308 e. The Balaban J connectivity index is 2.11. The summed E-state index contributed by atoms with van der Waals surface area (Å²) in [4.78, 5) is 11.0. The molecule has 0 amide bonds. The first kappa shape index (κ1) is 14.5. The van der Waals surface area contributed by atoms with Gasteiger partial charge in [-0.2, -0.15) is 0 Å². The molecule has 1 atom stereocenters. The van der Waals surface area contributed by atoms with Gasteiger partial charge < -0.3 is 15.2 Å². The minimum atomic E-state index is -0.696. The first-order chi connectivity index (χ1) is 8.11. The van der Waals surface area contributed by atoms with Gasteiger partial charge in [0.1, 0.15) is 0 Å². The molecule has 0 aromatic rings. The highest BCUT2D eigenvalue weighted by atomic mass is 16.5. The number of nitrogens with one attached hydrogen (secondary N) is 1. The van der Waals surface area contributed by atoms with Crippen LogP contribution >= 0.6 is 0 Å². The lowest BCUT2D eigenvalue weighted by Gasteiger charge is -2.22. The van der Waals surface area contributed by atoms with Gasteiger partial charge in [0.2, 0.25) is 0 Å². The number of carboxylic acids is 1. The molecule has 4 heteroatoms. The third-order valence-corrected chi connectivity index (χ3v) is 3.56. The Hall–Kier alpha value is -0.610. The molecular formula is C13H25NO3. The quantitative estimate of drug-likeness (QED) is 0.669. The van der Waals surface area contributed by atoms with Crippen molar-refractivity contribution in [3.63, 3.8) is 0 Å². The number of carboxylic acid groups (broad SMARTS) is 1. The van der Waals surface area contributed by atoms with E-state index in [2.05, 4.69) is 5.32 Å². The predicted octanol–water partition coefficient (Wildman–Crippen LogP) is 1.75. The summed E-state index contributed by atoms with van der Waals surface area (Å²) in [5.41, 5.74) is 0. The Morgan fingerprint density at radius 3 is 2.59 bits per heavy atom. The summed E-state index contributed by atoms with van der Waals surface area (Å²) in [6.45, 7) is 7.18. The number of hydrogen-bond acceptors (Lipinski definition) is 3. The smallest absolute Gasteiger partial charge is 0.308 e. The molecule has 1 aliphatic rings. The van der Waals surface area contributed by atoms with E-state index in [1.807, 2.05) is 13.8 Å². The van der Waals surface area contributed by atoms with E-state index in [-0.39, 0.29) is 11.8 Å². The normalized spacial score (nSPS) is 19.5. The summed E-state index contributed by atoms with van der Waals surface area (Å²) in [7, 11) is 0. The summed E-state index contributed by atoms with van der Waals surface area (Å²) >= 11 is 0. The molecule has 100 valence electrons. The molecule has 1 heterocycles. The van der Waals surface area contributed by atoms with Gasteiger partial charge in [-0.3, -0.25) is 4.79 Å². The number of aliphatic carboxylic acids is 1. The van der Waals surface area contributed by atoms with Gasteiger partial charge in [-0.1, -0.05) is 13.8 Å². The second-order valence-corrected chi connectivity index (χ2v) is 5.24. The molecule has 2 N–H and O–H groups in total. The van der Waals surface area contributed by atoms with E-state index in [1.54, 1.807) is 0 Å². The van der Waals surface area contributed by atoms with E-state index in [0.29, 0.717) is 6.54 Å². The second-order valence-electron chi connectivity index (χ2n) is 5.24. The van der Waals surface area contributed by atoms with E-state index in [1.165, 1.54) is 0 Å². The van der Waals surface area contributed by atoms with Gasteiger partial charge in [0, 0.05) is 19.8 Å². The van der Waals surface area contributed by atoms with Gasteiger partial charge in [0.25, 0.3) is 0 Å². The average Bonchev–Trinajstić information content (AvgIpc) is 2.29. The van der Waals surface area contributed by atoms with Crippen LogP contribution in [-0.2, 0) is 9.53 Å². The van der Waals surface area contributed by atoms with Crippen molar-refractivity contribution in [1.29, 1.82) is 0 Å². The number of ether oxygens (including phenoxy) is 1. The Morgan fingerprint density at radius 1 is 1.41 bits per heavy atom. The fourth-order valence-corrected chi connectivity index (χ4v) is 2.21. The van der Waals surface area contributed by atoms with Crippen molar-refractivity contribution in [2.75, 3.05) is 26.3 Å². The van der Waals surface area contributed by atoms with Crippen LogP contribution in [0.2, 0.25) is 0 Å². The summed E-state index contributed by atoms with van der Waals surface area (Å²) in [5, 5.41) is 12.3. The van der Waals surface area contributed by atoms with Crippen LogP contribution in [0, 0.1) is 17.8 Å². The van der Waals surface area contributed by atoms with Gasteiger partial charge in [-0.05, 0) is 37.6 Å². The molecule has 0 aromatic carbocycles. The maximum atomic E-state index is 11.0. The Bertz CT molecular complexity index is 225. The zero-order valence-electron chi connectivity index (χ0n) is 10.9. The SMILES string of the molecule is CC(C)C(CNCCC1CCOCC1)C(=O)O. The summed E-state index contributed by atoms with van der Waals surface area (Å²) in [6.07, 6.45) is 3.43. The average molecular weight is 243 g/mol. The lowest BCUT2D eigenvalue weighted by atomic mass is 9.95. The third kappa shape index (κ3) is 5.50. The Morgan fingerprint density at radius 2 is 2.06 bits per heavy atom. The largest absolute Gasteiger partial charge is 0.481 e. The molecule has 1 unspecified atom stereocenters. The second kappa shape index (κ2) is 7.67. The van der Waals surface area contributed by atoms with Gasteiger partial charge in [0.15, 0.2) is 0 Å². The number of rotatable bonds is 7. The lowest BCUT2D eigenvalue weighted by Crippen LogP contribution is -2.33. The van der Waals surface area contributed by atoms with E-state index < -0.39 is 5.97 Å². The Kier molecular flexibility index (Phi) is 6.52. The molecule has 0 aliphatic carbocycles. The summed E-state index contributed by atoms with van der Waals surface area (Å²) in [5.74, 6) is -0.0371. The molecule has 1 saturated heterocycles. The first-order valence-corrected chi connectivity index (χ1v) is 6.62. The lowest BCUT2D eigenvalue weighted by molar-refractivity contribution is -0.143. The van der Waals surface area contributed by atoms with Crippen LogP contribution in [0.4, 0.5) is 0 Å². The molecule has 1 aliphatic heterocycles. The highest BCUT2D eigenvalue weighted by Crippen LogP contribution is 2.17. The van der Waals surface area contributed by atoms with Crippen molar-refractivity contribution in [2.45, 2.75) is 33.1 Å². The topological polar surface area (TPSA) is 58.6 Å². The van der Waals surface area contributed by atoms with Gasteiger partial charge in [0.05, 0.1) is 5.92 Å². The van der Waals surface area contributed by atoms with Crippen LogP contribution in [0.25, 0.3) is 0 Å². The first-order valence-electron chi connectivity index (χ1n) is 6.62. The molecule has 4 nitrogen and oxygen atoms in total. The van der Waals surface area contributed by atoms with Gasteiger partial charge >= 0.3 is 5.97 Å². The van der Waals surface area contributed by atoms with E-state index in [4.69, 9.17) is 9.84 Å². The van der Waals surface area contributed by atoms with Gasteiger partial charge in [-0.15, -0.1) is 0 Å². The monoisotopic (exact) mass is 243 g/mol. The molecular weight excluding hydrogens is 218 g/mol. The number of carbonyl (C=O) groups is 1. The molecule has 17 heavy (non-hydrogen) atoms. The molecule has 1 rings (SSSR count). The molecule has 0 aromatic heterocycles. The standard InChI is InChI=1S/C13H25NO3/c1-10(2)12(13(15)16)9-14-6-3-11-4-7-17-8-5-11/h10-12,14H,3-9H2,1-2H3,(H,15,16). The summed E-state index contributed by atoms with van der Waals surface area (Å²) in [6, 6.07) is 0. The van der Waals surface area contributed by atoms with Crippen molar-refractivity contribution in [3.05, 3.63) is 0 Å². The van der Waals surface area contributed by atoms with Crippen LogP contribution in [-0.4, -0.2) is 37.4 Å². The maximum absolute atomic E-state index is 11.0. The van der Waals surface area contributed by atoms with Crippen LogP contribution in [0.1, 0.15) is 33.1 Å². The fraction of sp³-hybridized carbons (Fsp3) is 0.923. The molecule has 0 bridgehead atoms. The van der Waals surface area contributed by atoms with Crippen molar-refractivity contribution < 1.29 is 14.6 Å². The molecule has 0 radical (unpaired) electrons. The van der Waals surface area contributed by atoms with Crippen molar-refractivity contribution in [2.24, 2.45) is 17.8 Å². The predicted molar refractivity (Wildman–Crippen MR) is 67.0 cm³/mol. The molecule has 0 saturated carbocycles. The zero-order valence-corrected chi connectivity index (χ0v) is 10.9. The number of hydrogen-bond donors (Lipinski definition) is 2. The van der Waals surface area contributed by atoms with E-state index in [9.17, 15) is 4.79 Å². The van der Waals surface area contributed by atoms with Crippen LogP contribution in [0.3, 0.4) is 0 Å². The molecule has 0 spiro atoms. The van der Waals surface area contributed by atoms with E-state index in [0.717, 1.165) is 44.9 Å². The minimum absolute atomic E-state index is 0.183. The zero-order chi connectivity index (χ0) is 12.7. The van der Waals surface area contributed by atoms with E-state index >= 15 is 0 Å². The fourth-order valence-electron chi connectivity index (χ4n) is 2.21. The van der Waals surface area contributed by atoms with Crippen molar-refractivity contribution in [1.82, 2.24) is 5.32 Å².